The summed E-state index contributed by atoms with van der Waals surface area (Å²) in [6.45, 7) is 6.99. The molecule has 0 radical (unpaired) electrons. The van der Waals surface area contributed by atoms with E-state index in [9.17, 15) is 4.79 Å². The zero-order chi connectivity index (χ0) is 14.7. The predicted octanol–water partition coefficient (Wildman–Crippen LogP) is 0.599. The van der Waals surface area contributed by atoms with Gasteiger partial charge < -0.3 is 15.4 Å². The number of rotatable bonds is 4. The Labute approximate surface area is 129 Å². The number of carbonyl (C=O) groups excluding carboxylic acids is 1. The van der Waals surface area contributed by atoms with E-state index in [2.05, 4.69) is 33.9 Å². The van der Waals surface area contributed by atoms with Gasteiger partial charge in [-0.1, -0.05) is 0 Å². The molecule has 1 aromatic rings. The van der Waals surface area contributed by atoms with E-state index in [1.807, 2.05) is 11.3 Å². The Balaban J connectivity index is 1.46. The van der Waals surface area contributed by atoms with E-state index in [-0.39, 0.29) is 12.0 Å². The number of morpholine rings is 1. The largest absolute Gasteiger partial charge is 0.366 e. The summed E-state index contributed by atoms with van der Waals surface area (Å²) in [5, 5.41) is 8.38. The first-order valence-electron chi connectivity index (χ1n) is 7.63. The molecule has 116 valence electrons. The maximum absolute atomic E-state index is 12.0. The van der Waals surface area contributed by atoms with Crippen LogP contribution in [0.25, 0.3) is 0 Å². The number of nitrogens with one attached hydrogen (secondary N) is 2. The van der Waals surface area contributed by atoms with Crippen molar-refractivity contribution in [2.24, 2.45) is 0 Å². The third-order valence-electron chi connectivity index (χ3n) is 4.25. The van der Waals surface area contributed by atoms with Gasteiger partial charge in [-0.3, -0.25) is 9.69 Å². The third kappa shape index (κ3) is 3.63. The number of thiophene rings is 1. The van der Waals surface area contributed by atoms with Crippen molar-refractivity contribution >= 4 is 17.2 Å². The van der Waals surface area contributed by atoms with Gasteiger partial charge in [0.25, 0.3) is 5.91 Å². The molecule has 1 aromatic heterocycles. The number of carbonyl (C=O) groups is 1. The predicted molar refractivity (Wildman–Crippen MR) is 83.5 cm³/mol. The maximum atomic E-state index is 12.0. The fraction of sp³-hybridized carbons (Fsp3) is 0.667. The maximum Gasteiger partial charge on any atom is 0.250 e. The normalized spacial score (nSPS) is 24.3. The number of nitrogens with zero attached hydrogens (tertiary/aromatic N) is 1. The lowest BCUT2D eigenvalue weighted by molar-refractivity contribution is -0.134. The molecule has 3 heterocycles. The fourth-order valence-corrected chi connectivity index (χ4v) is 3.76. The van der Waals surface area contributed by atoms with Gasteiger partial charge in [0.1, 0.15) is 6.10 Å². The molecule has 6 heteroatoms. The molecule has 2 aliphatic rings. The first kappa shape index (κ1) is 15.0. The molecular weight excluding hydrogens is 286 g/mol. The summed E-state index contributed by atoms with van der Waals surface area (Å²) in [6.07, 6.45) is 0.789. The van der Waals surface area contributed by atoms with E-state index < -0.39 is 0 Å². The van der Waals surface area contributed by atoms with Crippen LogP contribution in [-0.2, 0) is 22.5 Å². The van der Waals surface area contributed by atoms with Crippen LogP contribution in [0.4, 0.5) is 0 Å². The molecule has 5 nitrogen and oxygen atoms in total. The third-order valence-corrected chi connectivity index (χ3v) is 5.28. The Morgan fingerprint density at radius 3 is 3.38 bits per heavy atom. The molecule has 0 spiro atoms. The minimum Gasteiger partial charge on any atom is -0.366 e. The zero-order valence-corrected chi connectivity index (χ0v) is 13.2. The summed E-state index contributed by atoms with van der Waals surface area (Å²) >= 11 is 1.86. The first-order chi connectivity index (χ1) is 10.2. The van der Waals surface area contributed by atoms with E-state index in [1.165, 1.54) is 10.4 Å². The van der Waals surface area contributed by atoms with Gasteiger partial charge in [0.15, 0.2) is 0 Å². The van der Waals surface area contributed by atoms with Crippen LogP contribution in [0.1, 0.15) is 17.4 Å². The average Bonchev–Trinajstić information content (AvgIpc) is 3.00. The van der Waals surface area contributed by atoms with Crippen molar-refractivity contribution < 1.29 is 9.53 Å². The lowest BCUT2D eigenvalue weighted by Gasteiger charge is -2.33. The van der Waals surface area contributed by atoms with Gasteiger partial charge in [0.05, 0.1) is 6.61 Å². The molecule has 2 N–H and O–H groups in total. The van der Waals surface area contributed by atoms with Crippen LogP contribution in [-0.4, -0.2) is 55.7 Å². The molecule has 0 aromatic carbocycles. The van der Waals surface area contributed by atoms with Crippen LogP contribution < -0.4 is 10.6 Å². The Bertz CT molecular complexity index is 485. The zero-order valence-electron chi connectivity index (χ0n) is 12.4. The van der Waals surface area contributed by atoms with Gasteiger partial charge in [-0.2, -0.15) is 0 Å². The monoisotopic (exact) mass is 309 g/mol. The Hall–Kier alpha value is -0.950. The minimum absolute atomic E-state index is 0.00211. The molecule has 1 unspecified atom stereocenters. The number of fused-ring (bicyclic) bond motifs is 1. The number of hydrogen-bond acceptors (Lipinski definition) is 5. The van der Waals surface area contributed by atoms with Crippen molar-refractivity contribution in [3.05, 3.63) is 21.9 Å². The lowest BCUT2D eigenvalue weighted by Crippen LogP contribution is -2.51. The van der Waals surface area contributed by atoms with Crippen molar-refractivity contribution in [3.8, 4) is 0 Å². The van der Waals surface area contributed by atoms with Crippen molar-refractivity contribution in [3.63, 3.8) is 0 Å². The fourth-order valence-electron chi connectivity index (χ4n) is 2.87. The molecule has 2 atom stereocenters. The van der Waals surface area contributed by atoms with Gasteiger partial charge in [0.2, 0.25) is 0 Å². The second kappa shape index (κ2) is 6.87. The van der Waals surface area contributed by atoms with Crippen LogP contribution in [0, 0.1) is 0 Å². The highest BCUT2D eigenvalue weighted by molar-refractivity contribution is 7.10. The van der Waals surface area contributed by atoms with Crippen LogP contribution in [0.3, 0.4) is 0 Å². The second-order valence-corrected chi connectivity index (χ2v) is 6.75. The van der Waals surface area contributed by atoms with Crippen LogP contribution in [0.5, 0.6) is 0 Å². The topological polar surface area (TPSA) is 53.6 Å². The van der Waals surface area contributed by atoms with E-state index in [0.717, 1.165) is 26.1 Å². The Morgan fingerprint density at radius 1 is 1.67 bits per heavy atom. The highest BCUT2D eigenvalue weighted by Crippen LogP contribution is 2.24. The van der Waals surface area contributed by atoms with Crippen LogP contribution in [0.2, 0.25) is 0 Å². The molecular formula is C15H23N3O2S. The summed E-state index contributed by atoms with van der Waals surface area (Å²) in [5.41, 5.74) is 1.45. The molecule has 1 amide bonds. The van der Waals surface area contributed by atoms with Crippen molar-refractivity contribution in [2.45, 2.75) is 32.0 Å². The second-order valence-electron chi connectivity index (χ2n) is 5.75. The Kier molecular flexibility index (Phi) is 4.90. The molecule has 0 saturated carbocycles. The highest BCUT2D eigenvalue weighted by atomic mass is 32.1. The standard InChI is InChI=1S/C15H23N3O2S/c1-11(8-17-15(19)13-9-16-4-6-20-13)18-5-2-14-12(10-18)3-7-21-14/h3,7,11,13,16H,2,4-6,8-10H2,1H3,(H,17,19)/t11?,13-/m1/s1. The number of amides is 1. The summed E-state index contributed by atoms with van der Waals surface area (Å²) in [7, 11) is 0. The summed E-state index contributed by atoms with van der Waals surface area (Å²) < 4.78 is 5.47. The molecule has 2 aliphatic heterocycles. The lowest BCUT2D eigenvalue weighted by atomic mass is 10.1. The highest BCUT2D eigenvalue weighted by Gasteiger charge is 2.24. The number of hydrogen-bond donors (Lipinski definition) is 2. The Morgan fingerprint density at radius 2 is 2.57 bits per heavy atom. The van der Waals surface area contributed by atoms with Crippen LogP contribution in [0.15, 0.2) is 11.4 Å². The molecule has 0 aliphatic carbocycles. The molecule has 3 rings (SSSR count). The first-order valence-corrected chi connectivity index (χ1v) is 8.51. The molecule has 1 fully saturated rings. The van der Waals surface area contributed by atoms with E-state index >= 15 is 0 Å². The SMILES string of the molecule is CC(CNC(=O)[C@H]1CNCCO1)N1CCc2sccc2C1. The van der Waals surface area contributed by atoms with Crippen LogP contribution >= 0.6 is 11.3 Å². The summed E-state index contributed by atoms with van der Waals surface area (Å²) in [6, 6.07) is 2.57. The van der Waals surface area contributed by atoms with Gasteiger partial charge in [0, 0.05) is 43.6 Å². The average molecular weight is 309 g/mol. The van der Waals surface area contributed by atoms with E-state index in [4.69, 9.17) is 4.74 Å². The smallest absolute Gasteiger partial charge is 0.250 e. The van der Waals surface area contributed by atoms with E-state index in [1.54, 1.807) is 0 Å². The van der Waals surface area contributed by atoms with Crippen molar-refractivity contribution in [1.82, 2.24) is 15.5 Å². The quantitative estimate of drug-likeness (QED) is 0.855. The van der Waals surface area contributed by atoms with Crippen molar-refractivity contribution in [2.75, 3.05) is 32.8 Å². The molecule has 21 heavy (non-hydrogen) atoms. The summed E-state index contributed by atoms with van der Waals surface area (Å²) in [5.74, 6) is 0.00211. The van der Waals surface area contributed by atoms with E-state index in [0.29, 0.717) is 25.7 Å². The van der Waals surface area contributed by atoms with Crippen molar-refractivity contribution in [1.29, 1.82) is 0 Å². The van der Waals surface area contributed by atoms with Gasteiger partial charge in [-0.25, -0.2) is 0 Å². The minimum atomic E-state index is -0.337. The number of ether oxygens (including phenoxy) is 1. The summed E-state index contributed by atoms with van der Waals surface area (Å²) in [4.78, 5) is 16.0. The van der Waals surface area contributed by atoms with Gasteiger partial charge in [-0.05, 0) is 30.4 Å². The molecule has 0 bridgehead atoms. The van der Waals surface area contributed by atoms with Gasteiger partial charge >= 0.3 is 0 Å². The van der Waals surface area contributed by atoms with Gasteiger partial charge in [-0.15, -0.1) is 11.3 Å². The molecule has 1 saturated heterocycles.